The quantitative estimate of drug-likeness (QED) is 0.433. The number of fused-ring (bicyclic) bond motifs is 1. The van der Waals surface area contributed by atoms with Gasteiger partial charge in [-0.3, -0.25) is 0 Å². The number of nitrogens with zero attached hydrogens (tertiary/aromatic N) is 1. The summed E-state index contributed by atoms with van der Waals surface area (Å²) in [5.41, 5.74) is 11.0. The maximum absolute atomic E-state index is 6.04. The molecule has 3 rings (SSSR count). The van der Waals surface area contributed by atoms with Gasteiger partial charge >= 0.3 is 0 Å². The number of nitrogens with one attached hydrogen (secondary N) is 1. The highest BCUT2D eigenvalue weighted by molar-refractivity contribution is 5.92. The second-order valence-corrected chi connectivity index (χ2v) is 6.51. The number of aliphatic imine (C=N–C) groups is 1. The zero-order valence-corrected chi connectivity index (χ0v) is 15.3. The molecule has 0 aromatic heterocycles. The molecule has 0 heterocycles. The van der Waals surface area contributed by atoms with Crippen molar-refractivity contribution in [2.45, 2.75) is 32.2 Å². The molecule has 0 amide bonds. The first-order valence-electron chi connectivity index (χ1n) is 9.14. The summed E-state index contributed by atoms with van der Waals surface area (Å²) < 4.78 is 10.7. The van der Waals surface area contributed by atoms with Gasteiger partial charge in [-0.1, -0.05) is 18.2 Å². The summed E-state index contributed by atoms with van der Waals surface area (Å²) in [5.74, 6) is 1.27. The molecule has 1 aliphatic rings. The molecule has 0 unspecified atom stereocenters. The van der Waals surface area contributed by atoms with Gasteiger partial charge in [0, 0.05) is 25.8 Å². The predicted molar refractivity (Wildman–Crippen MR) is 106 cm³/mol. The van der Waals surface area contributed by atoms with Gasteiger partial charge in [-0.2, -0.15) is 0 Å². The first-order chi connectivity index (χ1) is 12.7. The van der Waals surface area contributed by atoms with Crippen LogP contribution in [0.25, 0.3) is 0 Å². The van der Waals surface area contributed by atoms with Crippen LogP contribution >= 0.6 is 0 Å². The fraction of sp³-hybridized carbons (Fsp3) is 0.381. The van der Waals surface area contributed by atoms with Crippen LogP contribution in [0, 0.1) is 0 Å². The van der Waals surface area contributed by atoms with E-state index in [1.165, 1.54) is 24.0 Å². The average molecular weight is 353 g/mol. The number of ether oxygens (including phenoxy) is 2. The highest BCUT2D eigenvalue weighted by atomic mass is 16.5. The molecule has 0 aliphatic heterocycles. The topological polar surface area (TPSA) is 68.9 Å². The van der Waals surface area contributed by atoms with Crippen LogP contribution in [0.3, 0.4) is 0 Å². The summed E-state index contributed by atoms with van der Waals surface area (Å²) in [7, 11) is 1.69. The third-order valence-electron chi connectivity index (χ3n) is 4.46. The molecule has 5 heteroatoms. The van der Waals surface area contributed by atoms with Crippen molar-refractivity contribution >= 4 is 11.6 Å². The Hall–Kier alpha value is -2.53. The van der Waals surface area contributed by atoms with Crippen LogP contribution in [-0.2, 0) is 24.1 Å². The second kappa shape index (κ2) is 9.25. The summed E-state index contributed by atoms with van der Waals surface area (Å²) in [6, 6.07) is 14.4. The number of benzene rings is 2. The minimum atomic E-state index is 0.425. The first-order valence-corrected chi connectivity index (χ1v) is 9.14. The molecule has 0 fully saturated rings. The summed E-state index contributed by atoms with van der Waals surface area (Å²) in [6.07, 6.45) is 4.45. The van der Waals surface area contributed by atoms with E-state index in [2.05, 4.69) is 28.5 Å². The van der Waals surface area contributed by atoms with Crippen molar-refractivity contribution in [1.82, 2.24) is 0 Å². The van der Waals surface area contributed by atoms with Crippen molar-refractivity contribution < 1.29 is 9.47 Å². The van der Waals surface area contributed by atoms with E-state index in [0.717, 1.165) is 29.8 Å². The van der Waals surface area contributed by atoms with E-state index in [4.69, 9.17) is 15.2 Å². The highest BCUT2D eigenvalue weighted by Gasteiger charge is 2.10. The number of nitrogens with two attached hydrogens (primary N) is 1. The standard InChI is InChI=1S/C21H27N3O2/c1-25-11-4-12-26-20-8-2-5-16(13-20)15-23-21(22)24-19-10-9-17-6-3-7-18(17)14-19/h2,5,8-10,13-14H,3-4,6-7,11-12,15H2,1H3,(H3,22,23,24). The van der Waals surface area contributed by atoms with Crippen molar-refractivity contribution in [2.24, 2.45) is 10.7 Å². The molecule has 0 saturated carbocycles. The zero-order chi connectivity index (χ0) is 18.2. The fourth-order valence-corrected chi connectivity index (χ4v) is 3.14. The lowest BCUT2D eigenvalue weighted by molar-refractivity contribution is 0.172. The number of hydrogen-bond acceptors (Lipinski definition) is 3. The second-order valence-electron chi connectivity index (χ2n) is 6.51. The van der Waals surface area contributed by atoms with Crippen molar-refractivity contribution in [1.29, 1.82) is 0 Å². The third-order valence-corrected chi connectivity index (χ3v) is 4.46. The van der Waals surface area contributed by atoms with Gasteiger partial charge < -0.3 is 20.5 Å². The third kappa shape index (κ3) is 5.23. The molecule has 2 aromatic carbocycles. The van der Waals surface area contributed by atoms with E-state index in [1.54, 1.807) is 7.11 Å². The Bertz CT molecular complexity index is 759. The molecule has 1 aliphatic carbocycles. The Kier molecular flexibility index (Phi) is 6.50. The highest BCUT2D eigenvalue weighted by Crippen LogP contribution is 2.24. The normalized spacial score (nSPS) is 13.5. The average Bonchev–Trinajstić information content (AvgIpc) is 3.12. The van der Waals surface area contributed by atoms with Crippen LogP contribution in [0.5, 0.6) is 5.75 Å². The molecule has 0 spiro atoms. The van der Waals surface area contributed by atoms with Gasteiger partial charge in [0.15, 0.2) is 5.96 Å². The molecule has 0 atom stereocenters. The lowest BCUT2D eigenvalue weighted by Crippen LogP contribution is -2.22. The maximum atomic E-state index is 6.04. The Morgan fingerprint density at radius 3 is 2.88 bits per heavy atom. The number of methoxy groups -OCH3 is 1. The Morgan fingerprint density at radius 1 is 1.12 bits per heavy atom. The van der Waals surface area contributed by atoms with Gasteiger partial charge in [0.2, 0.25) is 0 Å². The van der Waals surface area contributed by atoms with Crippen LogP contribution in [-0.4, -0.2) is 26.3 Å². The van der Waals surface area contributed by atoms with Gasteiger partial charge in [-0.25, -0.2) is 4.99 Å². The fourth-order valence-electron chi connectivity index (χ4n) is 3.14. The number of guanidine groups is 1. The SMILES string of the molecule is COCCCOc1cccc(CN=C(N)Nc2ccc3c(c2)CCC3)c1. The van der Waals surface area contributed by atoms with Crippen LogP contribution < -0.4 is 15.8 Å². The van der Waals surface area contributed by atoms with E-state index >= 15 is 0 Å². The van der Waals surface area contributed by atoms with Crippen LogP contribution in [0.4, 0.5) is 5.69 Å². The van der Waals surface area contributed by atoms with Gasteiger partial charge in [-0.15, -0.1) is 0 Å². The van der Waals surface area contributed by atoms with Crippen molar-refractivity contribution in [2.75, 3.05) is 25.6 Å². The molecular weight excluding hydrogens is 326 g/mol. The summed E-state index contributed by atoms with van der Waals surface area (Å²) >= 11 is 0. The molecule has 2 aromatic rings. The van der Waals surface area contributed by atoms with Crippen molar-refractivity contribution in [3.05, 3.63) is 59.2 Å². The number of aryl methyl sites for hydroxylation is 2. The van der Waals surface area contributed by atoms with Crippen LogP contribution in [0.15, 0.2) is 47.5 Å². The summed E-state index contributed by atoms with van der Waals surface area (Å²) in [5, 5.41) is 3.19. The first kappa shape index (κ1) is 18.3. The minimum absolute atomic E-state index is 0.425. The maximum Gasteiger partial charge on any atom is 0.193 e. The Morgan fingerprint density at radius 2 is 2.00 bits per heavy atom. The Labute approximate surface area is 155 Å². The van der Waals surface area contributed by atoms with Gasteiger partial charge in [0.05, 0.1) is 13.2 Å². The Balaban J connectivity index is 1.53. The molecular formula is C21H27N3O2. The van der Waals surface area contributed by atoms with Crippen molar-refractivity contribution in [3.8, 4) is 5.75 Å². The van der Waals surface area contributed by atoms with E-state index in [0.29, 0.717) is 25.7 Å². The number of anilines is 1. The van der Waals surface area contributed by atoms with E-state index in [-0.39, 0.29) is 0 Å². The van der Waals surface area contributed by atoms with Gasteiger partial charge in [0.25, 0.3) is 0 Å². The molecule has 138 valence electrons. The lowest BCUT2D eigenvalue weighted by Gasteiger charge is -2.09. The van der Waals surface area contributed by atoms with Crippen LogP contribution in [0.2, 0.25) is 0 Å². The minimum Gasteiger partial charge on any atom is -0.493 e. The van der Waals surface area contributed by atoms with Crippen molar-refractivity contribution in [3.63, 3.8) is 0 Å². The van der Waals surface area contributed by atoms with Gasteiger partial charge in [0.1, 0.15) is 5.75 Å². The monoisotopic (exact) mass is 353 g/mol. The molecule has 0 saturated heterocycles. The molecule has 0 radical (unpaired) electrons. The molecule has 3 N–H and O–H groups in total. The largest absolute Gasteiger partial charge is 0.493 e. The van der Waals surface area contributed by atoms with E-state index in [9.17, 15) is 0 Å². The van der Waals surface area contributed by atoms with E-state index < -0.39 is 0 Å². The summed E-state index contributed by atoms with van der Waals surface area (Å²) in [4.78, 5) is 4.44. The smallest absolute Gasteiger partial charge is 0.193 e. The molecule has 5 nitrogen and oxygen atoms in total. The van der Waals surface area contributed by atoms with Gasteiger partial charge in [-0.05, 0) is 60.2 Å². The zero-order valence-electron chi connectivity index (χ0n) is 15.3. The predicted octanol–water partition coefficient (Wildman–Crippen LogP) is 3.52. The lowest BCUT2D eigenvalue weighted by atomic mass is 10.1. The summed E-state index contributed by atoms with van der Waals surface area (Å²) in [6.45, 7) is 1.86. The van der Waals surface area contributed by atoms with Crippen LogP contribution in [0.1, 0.15) is 29.5 Å². The number of rotatable bonds is 8. The molecule has 26 heavy (non-hydrogen) atoms. The van der Waals surface area contributed by atoms with E-state index in [1.807, 2.05) is 24.3 Å². The molecule has 0 bridgehead atoms. The number of hydrogen-bond donors (Lipinski definition) is 2.